The van der Waals surface area contributed by atoms with Gasteiger partial charge in [-0.15, -0.1) is 0 Å². The molecule has 2 amide bonds. The molecule has 0 atom stereocenters. The summed E-state index contributed by atoms with van der Waals surface area (Å²) in [4.78, 5) is 40.7. The van der Waals surface area contributed by atoms with Crippen molar-refractivity contribution in [3.63, 3.8) is 0 Å². The topological polar surface area (TPSA) is 123 Å². The van der Waals surface area contributed by atoms with E-state index in [0.29, 0.717) is 38.9 Å². The fourth-order valence-corrected chi connectivity index (χ4v) is 2.95. The van der Waals surface area contributed by atoms with E-state index in [1.165, 1.54) is 0 Å². The number of carboxylic acid groups (broad SMARTS) is 1. The van der Waals surface area contributed by atoms with Crippen LogP contribution in [0.3, 0.4) is 0 Å². The Labute approximate surface area is 147 Å². The fraction of sp³-hybridized carbons (Fsp3) is 0.750. The van der Waals surface area contributed by atoms with Gasteiger partial charge in [0.05, 0.1) is 13.0 Å². The largest absolute Gasteiger partial charge is 0.481 e. The Morgan fingerprint density at radius 2 is 1.96 bits per heavy atom. The zero-order chi connectivity index (χ0) is 18.1. The summed E-state index contributed by atoms with van der Waals surface area (Å²) in [6, 6.07) is 0. The molecule has 0 aromatic rings. The first-order chi connectivity index (χ1) is 12.1. The van der Waals surface area contributed by atoms with Crippen LogP contribution in [-0.2, 0) is 14.4 Å². The highest BCUT2D eigenvalue weighted by molar-refractivity contribution is 5.81. The molecule has 1 fully saturated rings. The van der Waals surface area contributed by atoms with Gasteiger partial charge in [0.25, 0.3) is 0 Å². The Balaban J connectivity index is 1.57. The zero-order valence-electron chi connectivity index (χ0n) is 14.4. The van der Waals surface area contributed by atoms with Crippen LogP contribution in [0, 0.1) is 5.92 Å². The summed E-state index contributed by atoms with van der Waals surface area (Å²) >= 11 is 0. The Bertz CT molecular complexity index is 515. The lowest BCUT2D eigenvalue weighted by Crippen LogP contribution is -2.43. The van der Waals surface area contributed by atoms with Crippen molar-refractivity contribution >= 4 is 23.7 Å². The molecule has 9 nitrogen and oxygen atoms in total. The second-order valence-electron chi connectivity index (χ2n) is 6.28. The molecule has 0 aromatic heterocycles. The monoisotopic (exact) mass is 353 g/mol. The van der Waals surface area contributed by atoms with Gasteiger partial charge in [-0.2, -0.15) is 0 Å². The fourth-order valence-electron chi connectivity index (χ4n) is 2.95. The van der Waals surface area contributed by atoms with E-state index in [1.54, 1.807) is 0 Å². The van der Waals surface area contributed by atoms with E-state index in [1.807, 2.05) is 4.90 Å². The van der Waals surface area contributed by atoms with E-state index in [4.69, 9.17) is 5.11 Å². The number of aliphatic carboxylic acids is 1. The molecule has 0 radical (unpaired) electrons. The normalized spacial score (nSPS) is 17.6. The number of hydrogen-bond acceptors (Lipinski definition) is 6. The van der Waals surface area contributed by atoms with Crippen molar-refractivity contribution in [2.24, 2.45) is 10.9 Å². The van der Waals surface area contributed by atoms with Gasteiger partial charge in [-0.25, -0.2) is 0 Å². The van der Waals surface area contributed by atoms with Crippen molar-refractivity contribution in [3.8, 4) is 0 Å². The molecular weight excluding hydrogens is 326 g/mol. The van der Waals surface area contributed by atoms with Gasteiger partial charge in [-0.1, -0.05) is 0 Å². The number of likely N-dealkylation sites (tertiary alicyclic amines) is 1. The predicted octanol–water partition coefficient (Wildman–Crippen LogP) is -0.855. The molecule has 0 saturated carbocycles. The van der Waals surface area contributed by atoms with Crippen LogP contribution in [0.15, 0.2) is 4.99 Å². The van der Waals surface area contributed by atoms with E-state index >= 15 is 0 Å². The Hall–Kier alpha value is -2.32. The number of carbonyl (C=O) groups is 3. The summed E-state index contributed by atoms with van der Waals surface area (Å²) in [5.41, 5.74) is 0. The maximum absolute atomic E-state index is 12.2. The first kappa shape index (κ1) is 19.0. The van der Waals surface area contributed by atoms with Crippen LogP contribution >= 0.6 is 0 Å². The molecule has 2 aliphatic heterocycles. The van der Waals surface area contributed by atoms with E-state index < -0.39 is 5.97 Å². The van der Waals surface area contributed by atoms with Crippen LogP contribution in [0.2, 0.25) is 0 Å². The maximum Gasteiger partial charge on any atom is 0.305 e. The van der Waals surface area contributed by atoms with Gasteiger partial charge >= 0.3 is 5.97 Å². The smallest absolute Gasteiger partial charge is 0.305 e. The Kier molecular flexibility index (Phi) is 7.49. The van der Waals surface area contributed by atoms with Gasteiger partial charge in [0.15, 0.2) is 5.96 Å². The van der Waals surface area contributed by atoms with Gasteiger partial charge in [-0.05, 0) is 19.3 Å². The standard InChI is InChI=1S/C16H27N5O4/c22-13(2-1-6-18-16-19-8-9-20-16)21-10-4-12(5-11-21)15(25)17-7-3-14(23)24/h12H,1-11H2,(H,17,25)(H,23,24)(H2,18,19,20). The van der Waals surface area contributed by atoms with E-state index in [0.717, 1.165) is 25.5 Å². The highest BCUT2D eigenvalue weighted by atomic mass is 16.4. The van der Waals surface area contributed by atoms with Crippen LogP contribution < -0.4 is 16.0 Å². The van der Waals surface area contributed by atoms with E-state index in [-0.39, 0.29) is 30.7 Å². The first-order valence-corrected chi connectivity index (χ1v) is 8.85. The van der Waals surface area contributed by atoms with Gasteiger partial charge in [0.1, 0.15) is 0 Å². The molecular formula is C16H27N5O4. The number of aliphatic imine (C=N–C) groups is 1. The molecule has 0 aromatic carbocycles. The van der Waals surface area contributed by atoms with Crippen molar-refractivity contribution in [3.05, 3.63) is 0 Å². The average molecular weight is 353 g/mol. The van der Waals surface area contributed by atoms with Crippen molar-refractivity contribution in [2.75, 3.05) is 39.3 Å². The molecule has 9 heteroatoms. The second-order valence-corrected chi connectivity index (χ2v) is 6.28. The van der Waals surface area contributed by atoms with Crippen LogP contribution in [0.4, 0.5) is 0 Å². The molecule has 2 rings (SSSR count). The second kappa shape index (κ2) is 9.85. The highest BCUT2D eigenvalue weighted by Crippen LogP contribution is 2.18. The molecule has 140 valence electrons. The number of piperidine rings is 1. The third-order valence-corrected chi connectivity index (χ3v) is 4.39. The maximum atomic E-state index is 12.2. The summed E-state index contributed by atoms with van der Waals surface area (Å²) in [7, 11) is 0. The molecule has 0 spiro atoms. The third-order valence-electron chi connectivity index (χ3n) is 4.39. The summed E-state index contributed by atoms with van der Waals surface area (Å²) in [5, 5.41) is 17.5. The zero-order valence-corrected chi connectivity index (χ0v) is 14.4. The van der Waals surface area contributed by atoms with Crippen molar-refractivity contribution in [2.45, 2.75) is 32.1 Å². The molecule has 2 aliphatic rings. The lowest BCUT2D eigenvalue weighted by Gasteiger charge is -2.31. The lowest BCUT2D eigenvalue weighted by atomic mass is 9.95. The minimum atomic E-state index is -0.925. The molecule has 0 aliphatic carbocycles. The summed E-state index contributed by atoms with van der Waals surface area (Å²) in [6.07, 6.45) is 2.41. The van der Waals surface area contributed by atoms with Crippen LogP contribution in [0.1, 0.15) is 32.1 Å². The summed E-state index contributed by atoms with van der Waals surface area (Å²) < 4.78 is 0. The quantitative estimate of drug-likeness (QED) is 0.421. The van der Waals surface area contributed by atoms with E-state index in [2.05, 4.69) is 20.9 Å². The number of nitrogens with one attached hydrogen (secondary N) is 3. The number of hydrogen-bond donors (Lipinski definition) is 4. The van der Waals surface area contributed by atoms with Crippen molar-refractivity contribution in [1.29, 1.82) is 0 Å². The molecule has 0 unspecified atom stereocenters. The molecule has 25 heavy (non-hydrogen) atoms. The third kappa shape index (κ3) is 6.60. The van der Waals surface area contributed by atoms with Gasteiger partial charge in [0, 0.05) is 45.1 Å². The minimum Gasteiger partial charge on any atom is -0.481 e. The summed E-state index contributed by atoms with van der Waals surface area (Å²) in [5.74, 6) is -0.241. The molecule has 1 saturated heterocycles. The SMILES string of the molecule is O=C(O)CCNC(=O)C1CCN(C(=O)CCCNC2=NCCN2)CC1. The Morgan fingerprint density at radius 1 is 1.20 bits per heavy atom. The Morgan fingerprint density at radius 3 is 2.60 bits per heavy atom. The van der Waals surface area contributed by atoms with Gasteiger partial charge < -0.3 is 26.0 Å². The number of carbonyl (C=O) groups excluding carboxylic acids is 2. The minimum absolute atomic E-state index is 0.0704. The van der Waals surface area contributed by atoms with Gasteiger partial charge in [-0.3, -0.25) is 19.4 Å². The number of nitrogens with zero attached hydrogens (tertiary/aromatic N) is 2. The molecule has 2 heterocycles. The summed E-state index contributed by atoms with van der Waals surface area (Å²) in [6.45, 7) is 3.68. The van der Waals surface area contributed by atoms with Gasteiger partial charge in [0.2, 0.25) is 11.8 Å². The van der Waals surface area contributed by atoms with Crippen molar-refractivity contribution < 1.29 is 19.5 Å². The molecule has 0 bridgehead atoms. The highest BCUT2D eigenvalue weighted by Gasteiger charge is 2.26. The molecule has 4 N–H and O–H groups in total. The average Bonchev–Trinajstić information content (AvgIpc) is 3.11. The van der Waals surface area contributed by atoms with Crippen molar-refractivity contribution in [1.82, 2.24) is 20.9 Å². The van der Waals surface area contributed by atoms with E-state index in [9.17, 15) is 14.4 Å². The lowest BCUT2D eigenvalue weighted by molar-refractivity contribution is -0.138. The number of carboxylic acids is 1. The predicted molar refractivity (Wildman–Crippen MR) is 92.1 cm³/mol. The van der Waals surface area contributed by atoms with Crippen LogP contribution in [-0.4, -0.2) is 73.0 Å². The first-order valence-electron chi connectivity index (χ1n) is 8.85. The number of rotatable bonds is 8. The van der Waals surface area contributed by atoms with Crippen LogP contribution in [0.25, 0.3) is 0 Å². The number of amides is 2. The van der Waals surface area contributed by atoms with Crippen LogP contribution in [0.5, 0.6) is 0 Å². The number of guanidine groups is 1.